The first-order valence-corrected chi connectivity index (χ1v) is 8.16. The zero-order chi connectivity index (χ0) is 14.7. The topological polar surface area (TPSA) is 28.4 Å². The van der Waals surface area contributed by atoms with Gasteiger partial charge in [-0.2, -0.15) is 0 Å². The molecule has 1 aliphatic rings. The molecule has 2 heterocycles. The third kappa shape index (κ3) is 3.47. The molecule has 1 aromatic carbocycles. The molecule has 114 valence electrons. The Morgan fingerprint density at radius 1 is 1.19 bits per heavy atom. The molecule has 0 saturated carbocycles. The van der Waals surface area contributed by atoms with Crippen LogP contribution in [-0.4, -0.2) is 30.6 Å². The molecule has 1 saturated heterocycles. The third-order valence-electron chi connectivity index (χ3n) is 4.51. The molecule has 0 amide bonds. The zero-order valence-corrected chi connectivity index (χ0v) is 13.1. The summed E-state index contributed by atoms with van der Waals surface area (Å²) in [5, 5.41) is 4.77. The van der Waals surface area contributed by atoms with Gasteiger partial charge in [-0.3, -0.25) is 4.90 Å². The Balaban J connectivity index is 1.56. The van der Waals surface area contributed by atoms with Crippen molar-refractivity contribution in [2.24, 2.45) is 5.92 Å². The zero-order valence-electron chi connectivity index (χ0n) is 13.1. The highest BCUT2D eigenvalue weighted by Crippen LogP contribution is 2.19. The summed E-state index contributed by atoms with van der Waals surface area (Å²) >= 11 is 0. The van der Waals surface area contributed by atoms with E-state index in [0.717, 1.165) is 24.4 Å². The summed E-state index contributed by atoms with van der Waals surface area (Å²) in [7, 11) is 0. The smallest absolute Gasteiger partial charge is 0.134 e. The van der Waals surface area contributed by atoms with E-state index in [0.29, 0.717) is 12.0 Å². The molecule has 0 radical (unpaired) electrons. The van der Waals surface area contributed by atoms with Crippen LogP contribution in [0.4, 0.5) is 0 Å². The van der Waals surface area contributed by atoms with E-state index in [4.69, 9.17) is 4.42 Å². The summed E-state index contributed by atoms with van der Waals surface area (Å²) in [5.41, 5.74) is 0.981. The fourth-order valence-corrected chi connectivity index (χ4v) is 3.33. The molecule has 1 N–H and O–H groups in total. The molecule has 3 heteroatoms. The first kappa shape index (κ1) is 14.6. The lowest BCUT2D eigenvalue weighted by atomic mass is 10.0. The second-order valence-corrected chi connectivity index (χ2v) is 6.44. The second kappa shape index (κ2) is 6.63. The minimum atomic E-state index is 0.636. The van der Waals surface area contributed by atoms with Gasteiger partial charge < -0.3 is 9.73 Å². The number of nitrogens with one attached hydrogen (secondary N) is 1. The van der Waals surface area contributed by atoms with E-state index < -0.39 is 0 Å². The molecule has 0 aliphatic carbocycles. The van der Waals surface area contributed by atoms with Crippen molar-refractivity contribution < 1.29 is 4.42 Å². The van der Waals surface area contributed by atoms with Crippen LogP contribution in [0.1, 0.15) is 32.4 Å². The van der Waals surface area contributed by atoms with Crippen LogP contribution in [-0.2, 0) is 6.54 Å². The van der Waals surface area contributed by atoms with Gasteiger partial charge in [0.25, 0.3) is 0 Å². The van der Waals surface area contributed by atoms with Gasteiger partial charge in [0.1, 0.15) is 11.3 Å². The normalized spacial score (nSPS) is 17.9. The van der Waals surface area contributed by atoms with Crippen molar-refractivity contribution in [1.29, 1.82) is 0 Å². The number of hydrogen-bond donors (Lipinski definition) is 1. The number of benzene rings is 1. The van der Waals surface area contributed by atoms with Crippen molar-refractivity contribution in [2.75, 3.05) is 19.6 Å². The van der Waals surface area contributed by atoms with Crippen LogP contribution in [0.3, 0.4) is 0 Å². The minimum Gasteiger partial charge on any atom is -0.460 e. The first-order chi connectivity index (χ1) is 10.2. The predicted octanol–water partition coefficient (Wildman–Crippen LogP) is 3.64. The van der Waals surface area contributed by atoms with Gasteiger partial charge in [-0.1, -0.05) is 32.0 Å². The van der Waals surface area contributed by atoms with E-state index in [9.17, 15) is 0 Å². The summed E-state index contributed by atoms with van der Waals surface area (Å²) in [5.74, 6) is 1.71. The molecule has 3 nitrogen and oxygen atoms in total. The lowest BCUT2D eigenvalue weighted by Gasteiger charge is -2.31. The lowest BCUT2D eigenvalue weighted by molar-refractivity contribution is 0.185. The van der Waals surface area contributed by atoms with E-state index in [2.05, 4.69) is 42.3 Å². The Hall–Kier alpha value is -1.32. The van der Waals surface area contributed by atoms with Crippen molar-refractivity contribution in [2.45, 2.75) is 39.3 Å². The van der Waals surface area contributed by atoms with Gasteiger partial charge in [-0.15, -0.1) is 0 Å². The molecule has 1 fully saturated rings. The number of para-hydroxylation sites is 1. The highest BCUT2D eigenvalue weighted by molar-refractivity contribution is 5.77. The Bertz CT molecular complexity index is 536. The molecule has 3 rings (SSSR count). The van der Waals surface area contributed by atoms with Crippen LogP contribution in [0, 0.1) is 5.92 Å². The summed E-state index contributed by atoms with van der Waals surface area (Å²) in [4.78, 5) is 2.64. The number of nitrogens with zero attached hydrogens (tertiary/aromatic N) is 1. The first-order valence-electron chi connectivity index (χ1n) is 8.16. The largest absolute Gasteiger partial charge is 0.460 e. The van der Waals surface area contributed by atoms with Crippen molar-refractivity contribution in [3.05, 3.63) is 36.1 Å². The lowest BCUT2D eigenvalue weighted by Crippen LogP contribution is -2.44. The predicted molar refractivity (Wildman–Crippen MR) is 87.4 cm³/mol. The van der Waals surface area contributed by atoms with Gasteiger partial charge in [0, 0.05) is 18.0 Å². The molecule has 1 aromatic heterocycles. The van der Waals surface area contributed by atoms with Crippen LogP contribution in [0.15, 0.2) is 34.7 Å². The molecular weight excluding hydrogens is 260 g/mol. The number of rotatable bonds is 6. The molecule has 2 aromatic rings. The maximum absolute atomic E-state index is 5.86. The summed E-state index contributed by atoms with van der Waals surface area (Å²) in [6, 6.07) is 11.0. The van der Waals surface area contributed by atoms with Crippen molar-refractivity contribution >= 4 is 11.0 Å². The summed E-state index contributed by atoms with van der Waals surface area (Å²) in [6.07, 6.45) is 2.71. The van der Waals surface area contributed by atoms with Crippen LogP contribution in [0.2, 0.25) is 0 Å². The molecule has 0 bridgehead atoms. The number of likely N-dealkylation sites (tertiary alicyclic amines) is 1. The van der Waals surface area contributed by atoms with Crippen molar-refractivity contribution in [3.63, 3.8) is 0 Å². The Morgan fingerprint density at radius 3 is 2.67 bits per heavy atom. The van der Waals surface area contributed by atoms with Gasteiger partial charge in [0.15, 0.2) is 0 Å². The quantitative estimate of drug-likeness (QED) is 0.879. The summed E-state index contributed by atoms with van der Waals surface area (Å²) < 4.78 is 5.86. The van der Waals surface area contributed by atoms with Crippen molar-refractivity contribution in [3.8, 4) is 0 Å². The average Bonchev–Trinajstić information content (AvgIpc) is 3.11. The molecule has 1 atom stereocenters. The Labute approximate surface area is 127 Å². The standard InChI is InChI=1S/C18H26N2O/c1-14(2)17(20-9-5-6-10-20)13-19-12-16-11-15-7-3-4-8-18(15)21-16/h3-4,7-8,11,14,17,19H,5-6,9-10,12-13H2,1-2H3. The van der Waals surface area contributed by atoms with Gasteiger partial charge >= 0.3 is 0 Å². The van der Waals surface area contributed by atoms with Gasteiger partial charge in [0.2, 0.25) is 0 Å². The van der Waals surface area contributed by atoms with Crippen LogP contribution in [0.5, 0.6) is 0 Å². The van der Waals surface area contributed by atoms with Crippen LogP contribution >= 0.6 is 0 Å². The molecule has 1 unspecified atom stereocenters. The number of hydrogen-bond acceptors (Lipinski definition) is 3. The number of furan rings is 1. The average molecular weight is 286 g/mol. The highest BCUT2D eigenvalue weighted by Gasteiger charge is 2.24. The maximum atomic E-state index is 5.86. The Kier molecular flexibility index (Phi) is 4.61. The van der Waals surface area contributed by atoms with E-state index in [1.807, 2.05) is 12.1 Å². The molecule has 0 spiro atoms. The van der Waals surface area contributed by atoms with Crippen molar-refractivity contribution in [1.82, 2.24) is 10.2 Å². The Morgan fingerprint density at radius 2 is 1.95 bits per heavy atom. The summed E-state index contributed by atoms with van der Waals surface area (Å²) in [6.45, 7) is 9.02. The molecular formula is C18H26N2O. The fraction of sp³-hybridized carbons (Fsp3) is 0.556. The monoisotopic (exact) mass is 286 g/mol. The van der Waals surface area contributed by atoms with Gasteiger partial charge in [-0.25, -0.2) is 0 Å². The van der Waals surface area contributed by atoms with Gasteiger partial charge in [-0.05, 0) is 44.0 Å². The maximum Gasteiger partial charge on any atom is 0.134 e. The third-order valence-corrected chi connectivity index (χ3v) is 4.51. The highest BCUT2D eigenvalue weighted by atomic mass is 16.3. The molecule has 21 heavy (non-hydrogen) atoms. The van der Waals surface area contributed by atoms with Crippen LogP contribution in [0.25, 0.3) is 11.0 Å². The number of fused-ring (bicyclic) bond motifs is 1. The van der Waals surface area contributed by atoms with E-state index in [1.165, 1.54) is 31.3 Å². The van der Waals surface area contributed by atoms with Crippen LogP contribution < -0.4 is 5.32 Å². The fourth-order valence-electron chi connectivity index (χ4n) is 3.33. The minimum absolute atomic E-state index is 0.636. The van der Waals surface area contributed by atoms with E-state index in [-0.39, 0.29) is 0 Å². The molecule has 1 aliphatic heterocycles. The van der Waals surface area contributed by atoms with E-state index in [1.54, 1.807) is 0 Å². The SMILES string of the molecule is CC(C)C(CNCc1cc2ccccc2o1)N1CCCC1. The van der Waals surface area contributed by atoms with Gasteiger partial charge in [0.05, 0.1) is 6.54 Å². The van der Waals surface area contributed by atoms with E-state index >= 15 is 0 Å². The second-order valence-electron chi connectivity index (χ2n) is 6.44.